The highest BCUT2D eigenvalue weighted by molar-refractivity contribution is 5.76. The first-order valence-corrected chi connectivity index (χ1v) is 8.67. The summed E-state index contributed by atoms with van der Waals surface area (Å²) < 4.78 is 11.0. The zero-order chi connectivity index (χ0) is 17.8. The topological polar surface area (TPSA) is 88.1 Å². The van der Waals surface area contributed by atoms with E-state index in [1.165, 1.54) is 0 Å². The van der Waals surface area contributed by atoms with Gasteiger partial charge in [0.15, 0.2) is 11.5 Å². The van der Waals surface area contributed by atoms with Gasteiger partial charge < -0.3 is 24.8 Å². The zero-order valence-electron chi connectivity index (χ0n) is 14.4. The van der Waals surface area contributed by atoms with Crippen LogP contribution in [0.1, 0.15) is 18.9 Å². The monoisotopic (exact) mass is 348 g/mol. The van der Waals surface area contributed by atoms with Crippen molar-refractivity contribution in [2.75, 3.05) is 32.8 Å². The molecular weight excluding hydrogens is 324 g/mol. The number of carboxylic acids is 1. The van der Waals surface area contributed by atoms with Gasteiger partial charge in [0.2, 0.25) is 0 Å². The van der Waals surface area contributed by atoms with Crippen molar-refractivity contribution >= 4 is 12.0 Å². The molecule has 0 aromatic heterocycles. The SMILES string of the molecule is CC1CC(C(=O)O)CN(C(=O)NCCc2ccc3c(c2)OCCO3)C1. The number of nitrogens with one attached hydrogen (secondary N) is 1. The van der Waals surface area contributed by atoms with E-state index in [2.05, 4.69) is 5.32 Å². The first-order chi connectivity index (χ1) is 12.0. The summed E-state index contributed by atoms with van der Waals surface area (Å²) in [5.41, 5.74) is 1.06. The van der Waals surface area contributed by atoms with E-state index in [0.717, 1.165) is 17.1 Å². The molecule has 1 saturated heterocycles. The van der Waals surface area contributed by atoms with Crippen LogP contribution in [0.15, 0.2) is 18.2 Å². The van der Waals surface area contributed by atoms with Crippen LogP contribution in [0.25, 0.3) is 0 Å². The summed E-state index contributed by atoms with van der Waals surface area (Å²) in [5.74, 6) is 0.372. The lowest BCUT2D eigenvalue weighted by molar-refractivity contribution is -0.143. The van der Waals surface area contributed by atoms with Gasteiger partial charge in [-0.3, -0.25) is 4.79 Å². The first-order valence-electron chi connectivity index (χ1n) is 8.67. The van der Waals surface area contributed by atoms with Gasteiger partial charge in [-0.25, -0.2) is 4.79 Å². The maximum atomic E-state index is 12.3. The quantitative estimate of drug-likeness (QED) is 0.865. The molecule has 136 valence electrons. The third-order valence-corrected chi connectivity index (χ3v) is 4.59. The number of carbonyl (C=O) groups is 2. The van der Waals surface area contributed by atoms with Crippen LogP contribution in [0.5, 0.6) is 11.5 Å². The molecule has 1 aromatic rings. The number of benzene rings is 1. The molecule has 25 heavy (non-hydrogen) atoms. The number of fused-ring (bicyclic) bond motifs is 1. The molecule has 2 aliphatic rings. The molecule has 0 aliphatic carbocycles. The number of aliphatic carboxylic acids is 1. The van der Waals surface area contributed by atoms with Crippen LogP contribution in [-0.2, 0) is 11.2 Å². The van der Waals surface area contributed by atoms with Crippen LogP contribution in [0, 0.1) is 11.8 Å². The number of likely N-dealkylation sites (tertiary alicyclic amines) is 1. The summed E-state index contributed by atoms with van der Waals surface area (Å²) >= 11 is 0. The number of ether oxygens (including phenoxy) is 2. The summed E-state index contributed by atoms with van der Waals surface area (Å²) in [7, 11) is 0. The Kier molecular flexibility index (Phi) is 5.31. The standard InChI is InChI=1S/C18H24N2O5/c1-12-8-14(17(21)22)11-20(10-12)18(23)19-5-4-13-2-3-15-16(9-13)25-7-6-24-15/h2-3,9,12,14H,4-8,10-11H2,1H3,(H,19,23)(H,21,22). The van der Waals surface area contributed by atoms with E-state index in [-0.39, 0.29) is 18.5 Å². The number of urea groups is 1. The summed E-state index contributed by atoms with van der Waals surface area (Å²) in [5, 5.41) is 12.1. The smallest absolute Gasteiger partial charge is 0.317 e. The molecule has 2 N–H and O–H groups in total. The van der Waals surface area contributed by atoms with E-state index in [4.69, 9.17) is 9.47 Å². The van der Waals surface area contributed by atoms with Gasteiger partial charge in [-0.05, 0) is 36.5 Å². The second kappa shape index (κ2) is 7.63. The fraction of sp³-hybridized carbons (Fsp3) is 0.556. The average Bonchev–Trinajstić information content (AvgIpc) is 2.61. The van der Waals surface area contributed by atoms with Crippen molar-refractivity contribution in [3.8, 4) is 11.5 Å². The molecule has 3 rings (SSSR count). The summed E-state index contributed by atoms with van der Waals surface area (Å²) in [6.07, 6.45) is 1.30. The van der Waals surface area contributed by atoms with Gasteiger partial charge in [-0.1, -0.05) is 13.0 Å². The number of amides is 2. The second-order valence-corrected chi connectivity index (χ2v) is 6.74. The Morgan fingerprint density at radius 3 is 2.76 bits per heavy atom. The second-order valence-electron chi connectivity index (χ2n) is 6.74. The molecular formula is C18H24N2O5. The van der Waals surface area contributed by atoms with Gasteiger partial charge >= 0.3 is 12.0 Å². The van der Waals surface area contributed by atoms with Gasteiger partial charge in [-0.15, -0.1) is 0 Å². The van der Waals surface area contributed by atoms with E-state index >= 15 is 0 Å². The van der Waals surface area contributed by atoms with E-state index in [0.29, 0.717) is 39.1 Å². The number of piperidine rings is 1. The van der Waals surface area contributed by atoms with E-state index in [1.54, 1.807) is 4.90 Å². The van der Waals surface area contributed by atoms with Crippen LogP contribution in [0.3, 0.4) is 0 Å². The summed E-state index contributed by atoms with van der Waals surface area (Å²) in [4.78, 5) is 25.1. The number of hydrogen-bond donors (Lipinski definition) is 2. The molecule has 2 heterocycles. The lowest BCUT2D eigenvalue weighted by atomic mass is 9.91. The van der Waals surface area contributed by atoms with Crippen LogP contribution in [0.2, 0.25) is 0 Å². The Bertz CT molecular complexity index is 648. The molecule has 2 aliphatic heterocycles. The van der Waals surface area contributed by atoms with Crippen LogP contribution in [0.4, 0.5) is 4.79 Å². The molecule has 1 fully saturated rings. The minimum absolute atomic E-state index is 0.193. The third kappa shape index (κ3) is 4.35. The van der Waals surface area contributed by atoms with E-state index in [1.807, 2.05) is 25.1 Å². The van der Waals surface area contributed by atoms with Crippen LogP contribution in [-0.4, -0.2) is 54.9 Å². The third-order valence-electron chi connectivity index (χ3n) is 4.59. The lowest BCUT2D eigenvalue weighted by Gasteiger charge is -2.34. The Hall–Kier alpha value is -2.44. The van der Waals surface area contributed by atoms with Crippen LogP contribution >= 0.6 is 0 Å². The Morgan fingerprint density at radius 2 is 2.00 bits per heavy atom. The number of rotatable bonds is 4. The van der Waals surface area contributed by atoms with Gasteiger partial charge in [-0.2, -0.15) is 0 Å². The maximum absolute atomic E-state index is 12.3. The van der Waals surface area contributed by atoms with Gasteiger partial charge in [0, 0.05) is 19.6 Å². The first kappa shape index (κ1) is 17.4. The molecule has 0 bridgehead atoms. The molecule has 0 spiro atoms. The van der Waals surface area contributed by atoms with E-state index in [9.17, 15) is 14.7 Å². The van der Waals surface area contributed by atoms with Crippen molar-refractivity contribution < 1.29 is 24.2 Å². The van der Waals surface area contributed by atoms with Crippen molar-refractivity contribution in [3.05, 3.63) is 23.8 Å². The van der Waals surface area contributed by atoms with Crippen molar-refractivity contribution in [2.45, 2.75) is 19.8 Å². The highest BCUT2D eigenvalue weighted by Gasteiger charge is 2.31. The molecule has 7 heteroatoms. The van der Waals surface area contributed by atoms with Gasteiger partial charge in [0.25, 0.3) is 0 Å². The van der Waals surface area contributed by atoms with Crippen molar-refractivity contribution in [1.82, 2.24) is 10.2 Å². The molecule has 1 aromatic carbocycles. The predicted octanol–water partition coefficient (Wildman–Crippen LogP) is 1.75. The van der Waals surface area contributed by atoms with Crippen molar-refractivity contribution in [2.24, 2.45) is 11.8 Å². The molecule has 2 atom stereocenters. The Balaban J connectivity index is 1.50. The maximum Gasteiger partial charge on any atom is 0.317 e. The summed E-state index contributed by atoms with van der Waals surface area (Å²) in [6.45, 7) is 4.44. The molecule has 0 radical (unpaired) electrons. The normalized spacial score (nSPS) is 22.4. The number of hydrogen-bond acceptors (Lipinski definition) is 4. The molecule has 2 amide bonds. The van der Waals surface area contributed by atoms with Crippen LogP contribution < -0.4 is 14.8 Å². The number of carbonyl (C=O) groups excluding carboxylic acids is 1. The fourth-order valence-corrected chi connectivity index (χ4v) is 3.37. The molecule has 7 nitrogen and oxygen atoms in total. The Morgan fingerprint density at radius 1 is 1.24 bits per heavy atom. The zero-order valence-corrected chi connectivity index (χ0v) is 14.4. The van der Waals surface area contributed by atoms with Gasteiger partial charge in [0.1, 0.15) is 13.2 Å². The highest BCUT2D eigenvalue weighted by Crippen LogP contribution is 2.30. The van der Waals surface area contributed by atoms with Gasteiger partial charge in [0.05, 0.1) is 5.92 Å². The van der Waals surface area contributed by atoms with Crippen molar-refractivity contribution in [3.63, 3.8) is 0 Å². The Labute approximate surface area is 146 Å². The predicted molar refractivity (Wildman–Crippen MR) is 91.0 cm³/mol. The van der Waals surface area contributed by atoms with E-state index < -0.39 is 11.9 Å². The lowest BCUT2D eigenvalue weighted by Crippen LogP contribution is -2.49. The highest BCUT2D eigenvalue weighted by atomic mass is 16.6. The fourth-order valence-electron chi connectivity index (χ4n) is 3.37. The largest absolute Gasteiger partial charge is 0.486 e. The number of carboxylic acid groups (broad SMARTS) is 1. The number of nitrogens with zero attached hydrogens (tertiary/aromatic N) is 1. The molecule has 2 unspecified atom stereocenters. The average molecular weight is 348 g/mol. The minimum Gasteiger partial charge on any atom is -0.486 e. The molecule has 0 saturated carbocycles. The summed E-state index contributed by atoms with van der Waals surface area (Å²) in [6, 6.07) is 5.58. The minimum atomic E-state index is -0.833. The van der Waals surface area contributed by atoms with Crippen molar-refractivity contribution in [1.29, 1.82) is 0 Å².